The Morgan fingerprint density at radius 3 is 3.10 bits per heavy atom. The molecule has 1 amide bonds. The highest BCUT2D eigenvalue weighted by Crippen LogP contribution is 2.36. The maximum atomic E-state index is 11.2. The summed E-state index contributed by atoms with van der Waals surface area (Å²) in [7, 11) is 0. The average molecular weight is 412 g/mol. The van der Waals surface area contributed by atoms with Gasteiger partial charge in [0.05, 0.1) is 2.88 Å². The van der Waals surface area contributed by atoms with E-state index >= 15 is 0 Å². The Hall–Kier alpha value is -0.920. The maximum Gasteiger partial charge on any atom is 0.248 e. The van der Waals surface area contributed by atoms with Crippen LogP contribution in [0.2, 0.25) is 0 Å². The van der Waals surface area contributed by atoms with Crippen LogP contribution in [0.5, 0.6) is 0 Å². The zero-order chi connectivity index (χ0) is 14.8. The zero-order valence-corrected chi connectivity index (χ0v) is 14.5. The molecule has 5 heteroatoms. The van der Waals surface area contributed by atoms with Crippen LogP contribution in [0.25, 0.3) is 0 Å². The number of aryl methyl sites for hydroxylation is 1. The summed E-state index contributed by atoms with van der Waals surface area (Å²) < 4.78 is 1.36. The van der Waals surface area contributed by atoms with Crippen molar-refractivity contribution in [2.75, 3.05) is 0 Å². The number of rotatable bonds is 4. The third kappa shape index (κ3) is 3.46. The highest BCUT2D eigenvalue weighted by atomic mass is 127. The lowest BCUT2D eigenvalue weighted by molar-refractivity contribution is 0.1000. The summed E-state index contributed by atoms with van der Waals surface area (Å²) in [5.74, 6) is -0.371. The number of benzene rings is 1. The van der Waals surface area contributed by atoms with Crippen molar-refractivity contribution in [3.8, 4) is 0 Å². The molecule has 1 aliphatic rings. The smallest absolute Gasteiger partial charge is 0.248 e. The van der Waals surface area contributed by atoms with Gasteiger partial charge in [-0.3, -0.25) is 4.79 Å². The van der Waals surface area contributed by atoms with E-state index in [0.29, 0.717) is 11.6 Å². The van der Waals surface area contributed by atoms with Crippen LogP contribution in [-0.2, 0) is 13.0 Å². The van der Waals surface area contributed by atoms with E-state index in [1.165, 1.54) is 32.6 Å². The van der Waals surface area contributed by atoms with Crippen LogP contribution in [0.15, 0.2) is 30.3 Å². The van der Waals surface area contributed by atoms with Crippen molar-refractivity contribution in [2.45, 2.75) is 31.8 Å². The molecule has 0 radical (unpaired) electrons. The number of amides is 1. The van der Waals surface area contributed by atoms with Crippen LogP contribution in [0.1, 0.15) is 45.2 Å². The Bertz CT molecular complexity index is 668. The fraction of sp³-hybridized carbons (Fsp3) is 0.312. The van der Waals surface area contributed by atoms with Crippen LogP contribution >= 0.6 is 33.9 Å². The molecule has 1 aromatic carbocycles. The van der Waals surface area contributed by atoms with Gasteiger partial charge in [0.25, 0.3) is 0 Å². The number of carbonyl (C=O) groups is 1. The number of fused-ring (bicyclic) bond motifs is 1. The predicted molar refractivity (Wildman–Crippen MR) is 94.5 cm³/mol. The van der Waals surface area contributed by atoms with Crippen LogP contribution in [0.4, 0.5) is 0 Å². The normalized spacial score (nSPS) is 17.5. The number of nitrogens with one attached hydrogen (secondary N) is 1. The first-order chi connectivity index (χ1) is 10.1. The number of hydrogen-bond donors (Lipinski definition) is 2. The molecule has 1 heterocycles. The predicted octanol–water partition coefficient (Wildman–Crippen LogP) is 3.62. The standard InChI is InChI=1S/C16H17IN2OS/c17-15-8-12-13(5-2-6-14(12)21-15)19-9-10-3-1-4-11(7-10)16(18)20/h1,3-4,7-8,13,19H,2,5-6,9H2,(H2,18,20). The third-order valence-corrected chi connectivity index (χ3v) is 5.82. The fourth-order valence-electron chi connectivity index (χ4n) is 2.81. The van der Waals surface area contributed by atoms with E-state index in [1.807, 2.05) is 29.5 Å². The van der Waals surface area contributed by atoms with Gasteiger partial charge in [-0.15, -0.1) is 11.3 Å². The lowest BCUT2D eigenvalue weighted by Crippen LogP contribution is -2.24. The maximum absolute atomic E-state index is 11.2. The van der Waals surface area contributed by atoms with E-state index < -0.39 is 0 Å². The molecule has 21 heavy (non-hydrogen) atoms. The molecule has 0 bridgehead atoms. The van der Waals surface area contributed by atoms with E-state index in [0.717, 1.165) is 12.1 Å². The van der Waals surface area contributed by atoms with E-state index in [9.17, 15) is 4.79 Å². The topological polar surface area (TPSA) is 55.1 Å². The molecule has 1 atom stereocenters. The first-order valence-electron chi connectivity index (χ1n) is 7.04. The molecule has 0 saturated carbocycles. The fourth-order valence-corrected chi connectivity index (χ4v) is 4.93. The van der Waals surface area contributed by atoms with Crippen LogP contribution in [0.3, 0.4) is 0 Å². The number of carbonyl (C=O) groups excluding carboxylic acids is 1. The summed E-state index contributed by atoms with van der Waals surface area (Å²) in [5.41, 5.74) is 8.46. The summed E-state index contributed by atoms with van der Waals surface area (Å²) in [4.78, 5) is 12.8. The first kappa shape index (κ1) is 15.0. The quantitative estimate of drug-likeness (QED) is 0.754. The zero-order valence-electron chi connectivity index (χ0n) is 11.6. The molecule has 1 unspecified atom stereocenters. The van der Waals surface area contributed by atoms with Gasteiger partial charge >= 0.3 is 0 Å². The second-order valence-corrected chi connectivity index (χ2v) is 8.35. The molecular formula is C16H17IN2OS. The van der Waals surface area contributed by atoms with Crippen molar-refractivity contribution < 1.29 is 4.79 Å². The Kier molecular flexibility index (Phi) is 4.61. The minimum absolute atomic E-state index is 0.371. The first-order valence-corrected chi connectivity index (χ1v) is 8.93. The summed E-state index contributed by atoms with van der Waals surface area (Å²) in [6, 6.07) is 10.3. The van der Waals surface area contributed by atoms with Crippen LogP contribution in [0, 0.1) is 2.88 Å². The second kappa shape index (κ2) is 6.46. The molecule has 1 aliphatic carbocycles. The third-order valence-electron chi connectivity index (χ3n) is 3.85. The highest BCUT2D eigenvalue weighted by molar-refractivity contribution is 14.1. The molecule has 3 N–H and O–H groups in total. The molecular weight excluding hydrogens is 395 g/mol. The molecule has 0 aliphatic heterocycles. The molecule has 2 aromatic rings. The summed E-state index contributed by atoms with van der Waals surface area (Å²) in [6.07, 6.45) is 3.62. The van der Waals surface area contributed by atoms with Gasteiger partial charge < -0.3 is 11.1 Å². The monoisotopic (exact) mass is 412 g/mol. The Morgan fingerprint density at radius 1 is 1.43 bits per heavy atom. The molecule has 3 nitrogen and oxygen atoms in total. The highest BCUT2D eigenvalue weighted by Gasteiger charge is 2.22. The number of halogens is 1. The van der Waals surface area contributed by atoms with Gasteiger partial charge in [-0.1, -0.05) is 12.1 Å². The lowest BCUT2D eigenvalue weighted by atomic mass is 9.94. The van der Waals surface area contributed by atoms with Crippen molar-refractivity contribution in [1.29, 1.82) is 0 Å². The van der Waals surface area contributed by atoms with E-state index in [4.69, 9.17) is 5.73 Å². The van der Waals surface area contributed by atoms with Gasteiger partial charge in [-0.2, -0.15) is 0 Å². The minimum atomic E-state index is -0.371. The molecule has 3 rings (SSSR count). The van der Waals surface area contributed by atoms with E-state index in [2.05, 4.69) is 34.0 Å². The second-order valence-electron chi connectivity index (χ2n) is 5.32. The van der Waals surface area contributed by atoms with E-state index in [-0.39, 0.29) is 5.91 Å². The van der Waals surface area contributed by atoms with Crippen molar-refractivity contribution in [3.63, 3.8) is 0 Å². The van der Waals surface area contributed by atoms with Crippen LogP contribution in [-0.4, -0.2) is 5.91 Å². The number of hydrogen-bond acceptors (Lipinski definition) is 3. The molecule has 0 fully saturated rings. The molecule has 110 valence electrons. The lowest BCUT2D eigenvalue weighted by Gasteiger charge is -2.23. The number of thiophene rings is 1. The summed E-state index contributed by atoms with van der Waals surface area (Å²) in [5, 5.41) is 3.62. The Balaban J connectivity index is 1.71. The van der Waals surface area contributed by atoms with Crippen LogP contribution < -0.4 is 11.1 Å². The van der Waals surface area contributed by atoms with Crippen molar-refractivity contribution in [2.24, 2.45) is 5.73 Å². The SMILES string of the molecule is NC(=O)c1cccc(CNC2CCCc3sc(I)cc32)c1. The van der Waals surface area contributed by atoms with E-state index in [1.54, 1.807) is 6.07 Å². The Morgan fingerprint density at radius 2 is 2.29 bits per heavy atom. The largest absolute Gasteiger partial charge is 0.366 e. The van der Waals surface area contributed by atoms with Gasteiger partial charge in [-0.25, -0.2) is 0 Å². The van der Waals surface area contributed by atoms with Gasteiger partial charge in [0, 0.05) is 23.0 Å². The number of primary amides is 1. The summed E-state index contributed by atoms with van der Waals surface area (Å²) >= 11 is 4.31. The van der Waals surface area contributed by atoms with Crippen molar-refractivity contribution >= 4 is 39.8 Å². The molecule has 0 spiro atoms. The van der Waals surface area contributed by atoms with Crippen molar-refractivity contribution in [3.05, 3.63) is 54.8 Å². The van der Waals surface area contributed by atoms with Crippen molar-refractivity contribution in [1.82, 2.24) is 5.32 Å². The minimum Gasteiger partial charge on any atom is -0.366 e. The number of nitrogens with two attached hydrogens (primary N) is 1. The van der Waals surface area contributed by atoms with Gasteiger partial charge in [0.1, 0.15) is 0 Å². The van der Waals surface area contributed by atoms with Gasteiger partial charge in [-0.05, 0) is 71.2 Å². The average Bonchev–Trinajstić information content (AvgIpc) is 2.86. The Labute approximate surface area is 142 Å². The van der Waals surface area contributed by atoms with Gasteiger partial charge in [0.15, 0.2) is 0 Å². The molecule has 1 aromatic heterocycles. The molecule has 0 saturated heterocycles. The summed E-state index contributed by atoms with van der Waals surface area (Å²) in [6.45, 7) is 0.762. The van der Waals surface area contributed by atoms with Gasteiger partial charge in [0.2, 0.25) is 5.91 Å².